The highest BCUT2D eigenvalue weighted by Crippen LogP contribution is 2.22. The molecule has 0 unspecified atom stereocenters. The van der Waals surface area contributed by atoms with Crippen LogP contribution in [0.5, 0.6) is 0 Å². The maximum absolute atomic E-state index is 11.7. The first-order valence-corrected chi connectivity index (χ1v) is 7.23. The van der Waals surface area contributed by atoms with E-state index in [9.17, 15) is 9.59 Å². The summed E-state index contributed by atoms with van der Waals surface area (Å²) in [5, 5.41) is 7.06. The third-order valence-electron chi connectivity index (χ3n) is 2.80. The van der Waals surface area contributed by atoms with Gasteiger partial charge in [0.1, 0.15) is 11.4 Å². The third-order valence-corrected chi connectivity index (χ3v) is 3.24. The molecule has 21 heavy (non-hydrogen) atoms. The minimum atomic E-state index is -0.505. The molecule has 0 heterocycles. The molecule has 0 aromatic heterocycles. The summed E-state index contributed by atoms with van der Waals surface area (Å²) in [5.74, 6) is 0. The lowest BCUT2D eigenvalue weighted by molar-refractivity contribution is 0.632. The number of anilines is 2. The molecule has 2 aromatic carbocycles. The Hall–Kier alpha value is -1.52. The van der Waals surface area contributed by atoms with Gasteiger partial charge in [-0.25, -0.2) is 0 Å². The zero-order chi connectivity index (χ0) is 15.8. The molecular formula is C15H16Cl2N2O2. The number of benzene rings is 1. The van der Waals surface area contributed by atoms with E-state index in [-0.39, 0.29) is 5.54 Å². The minimum Gasteiger partial charge on any atom is -0.376 e. The lowest BCUT2D eigenvalue weighted by Crippen LogP contribution is -2.41. The van der Waals surface area contributed by atoms with Crippen LogP contribution in [0.1, 0.15) is 26.3 Å². The second kappa shape index (κ2) is 5.70. The van der Waals surface area contributed by atoms with Crippen molar-refractivity contribution < 1.29 is 0 Å². The number of hydrogen-bond donors (Lipinski definition) is 2. The number of halogens is 2. The van der Waals surface area contributed by atoms with E-state index >= 15 is 0 Å². The van der Waals surface area contributed by atoms with Crippen LogP contribution >= 0.6 is 23.2 Å². The fourth-order valence-corrected chi connectivity index (χ4v) is 2.53. The summed E-state index contributed by atoms with van der Waals surface area (Å²) in [6.07, 6.45) is 0. The Morgan fingerprint density at radius 2 is 1.48 bits per heavy atom. The Balaban J connectivity index is 2.16. The summed E-state index contributed by atoms with van der Waals surface area (Å²) in [6, 6.07) is 5.14. The van der Waals surface area contributed by atoms with E-state index in [0.29, 0.717) is 28.0 Å². The molecule has 2 rings (SSSR count). The van der Waals surface area contributed by atoms with Gasteiger partial charge in [0.05, 0.1) is 0 Å². The Labute approximate surface area is 132 Å². The largest absolute Gasteiger partial charge is 0.376 e. The van der Waals surface area contributed by atoms with Crippen LogP contribution in [0.2, 0.25) is 10.0 Å². The fourth-order valence-electron chi connectivity index (χ4n) is 1.96. The van der Waals surface area contributed by atoms with Crippen molar-refractivity contribution >= 4 is 34.6 Å². The highest BCUT2D eigenvalue weighted by atomic mass is 35.5. The molecule has 0 atom stereocenters. The van der Waals surface area contributed by atoms with Gasteiger partial charge >= 0.3 is 0 Å². The van der Waals surface area contributed by atoms with Crippen molar-refractivity contribution in [3.8, 4) is 0 Å². The van der Waals surface area contributed by atoms with Gasteiger partial charge in [0.2, 0.25) is 0 Å². The van der Waals surface area contributed by atoms with Gasteiger partial charge in [-0.3, -0.25) is 9.59 Å². The van der Waals surface area contributed by atoms with Crippen LogP contribution < -0.4 is 21.5 Å². The molecule has 0 aliphatic heterocycles. The molecule has 0 saturated carbocycles. The average molecular weight is 327 g/mol. The monoisotopic (exact) mass is 326 g/mol. The number of nitrogens with one attached hydrogen (secondary N) is 2. The Morgan fingerprint density at radius 3 is 2.00 bits per heavy atom. The Morgan fingerprint density at radius 1 is 0.952 bits per heavy atom. The van der Waals surface area contributed by atoms with Gasteiger partial charge in [0.15, 0.2) is 0 Å². The molecule has 0 spiro atoms. The minimum absolute atomic E-state index is 0.294. The summed E-state index contributed by atoms with van der Waals surface area (Å²) in [4.78, 5) is 23.3. The molecule has 2 aromatic rings. The smallest absolute Gasteiger partial charge is 0.253 e. The van der Waals surface area contributed by atoms with Crippen molar-refractivity contribution in [3.05, 3.63) is 54.3 Å². The number of rotatable bonds is 4. The topological polar surface area (TPSA) is 58.2 Å². The van der Waals surface area contributed by atoms with E-state index in [4.69, 9.17) is 23.2 Å². The lowest BCUT2D eigenvalue weighted by atomic mass is 10.1. The number of hydrogen-bond acceptors (Lipinski definition) is 4. The summed E-state index contributed by atoms with van der Waals surface area (Å²) >= 11 is 11.8. The predicted octanol–water partition coefficient (Wildman–Crippen LogP) is 3.41. The zero-order valence-electron chi connectivity index (χ0n) is 12.0. The van der Waals surface area contributed by atoms with E-state index in [1.165, 1.54) is 0 Å². The van der Waals surface area contributed by atoms with Crippen molar-refractivity contribution in [2.75, 3.05) is 10.6 Å². The van der Waals surface area contributed by atoms with Crippen LogP contribution in [0.15, 0.2) is 27.8 Å². The van der Waals surface area contributed by atoms with Crippen molar-refractivity contribution in [3.63, 3.8) is 0 Å². The van der Waals surface area contributed by atoms with Gasteiger partial charge < -0.3 is 10.6 Å². The van der Waals surface area contributed by atoms with Crippen molar-refractivity contribution in [1.82, 2.24) is 0 Å². The molecule has 0 fully saturated rings. The maximum atomic E-state index is 11.7. The van der Waals surface area contributed by atoms with Gasteiger partial charge in [0, 0.05) is 22.1 Å². The molecule has 2 N–H and O–H groups in total. The molecule has 0 saturated heterocycles. The first kappa shape index (κ1) is 15.9. The first-order chi connectivity index (χ1) is 9.67. The highest BCUT2D eigenvalue weighted by Gasteiger charge is 2.24. The molecule has 0 aliphatic rings. The average Bonchev–Trinajstić information content (AvgIpc) is 2.34. The van der Waals surface area contributed by atoms with Crippen molar-refractivity contribution in [2.24, 2.45) is 0 Å². The normalized spacial score (nSPS) is 11.7. The van der Waals surface area contributed by atoms with Crippen LogP contribution in [0.4, 0.5) is 11.4 Å². The van der Waals surface area contributed by atoms with E-state index in [0.717, 1.165) is 5.56 Å². The van der Waals surface area contributed by atoms with Gasteiger partial charge in [-0.1, -0.05) is 23.2 Å². The van der Waals surface area contributed by atoms with Gasteiger partial charge in [0.25, 0.3) is 10.9 Å². The molecule has 0 aliphatic carbocycles. The Bertz CT molecular complexity index is 721. The van der Waals surface area contributed by atoms with Crippen molar-refractivity contribution in [1.29, 1.82) is 0 Å². The predicted molar refractivity (Wildman–Crippen MR) is 88.5 cm³/mol. The van der Waals surface area contributed by atoms with Crippen LogP contribution in [0.3, 0.4) is 0 Å². The molecule has 0 radical (unpaired) electrons. The fraction of sp³-hybridized carbons (Fsp3) is 0.333. The zero-order valence-corrected chi connectivity index (χ0v) is 13.5. The lowest BCUT2D eigenvalue weighted by Gasteiger charge is -2.24. The van der Waals surface area contributed by atoms with Gasteiger partial charge in [-0.05, 0) is 44.5 Å². The molecule has 0 amide bonds. The summed E-state index contributed by atoms with van der Waals surface area (Å²) in [7, 11) is 0. The van der Waals surface area contributed by atoms with Crippen LogP contribution in [-0.4, -0.2) is 5.54 Å². The molecule has 112 valence electrons. The molecule has 6 heteroatoms. The molecule has 0 bridgehead atoms. The summed E-state index contributed by atoms with van der Waals surface area (Å²) in [6.45, 7) is 6.13. The van der Waals surface area contributed by atoms with Crippen LogP contribution in [0.25, 0.3) is 0 Å². The summed E-state index contributed by atoms with van der Waals surface area (Å²) < 4.78 is 0. The standard InChI is InChI=1S/C15H16Cl2N2O2/c1-15(2,3)19-12-11(13(20)14(12)21)18-7-8-4-9(16)6-10(17)5-8/h4-6,18-19H,7H2,1-3H3. The quantitative estimate of drug-likeness (QED) is 0.845. The highest BCUT2D eigenvalue weighted by molar-refractivity contribution is 6.34. The van der Waals surface area contributed by atoms with Gasteiger partial charge in [-0.15, -0.1) is 0 Å². The second-order valence-electron chi connectivity index (χ2n) is 5.91. The van der Waals surface area contributed by atoms with E-state index in [1.807, 2.05) is 20.8 Å². The maximum Gasteiger partial charge on any atom is 0.253 e. The summed E-state index contributed by atoms with van der Waals surface area (Å²) in [5.41, 5.74) is 0.193. The van der Waals surface area contributed by atoms with Gasteiger partial charge in [-0.2, -0.15) is 0 Å². The SMILES string of the molecule is CC(C)(C)Nc1c(NCc2cc(Cl)cc(Cl)c2)c(=O)c1=O. The third kappa shape index (κ3) is 3.77. The first-order valence-electron chi connectivity index (χ1n) is 6.48. The Kier molecular flexibility index (Phi) is 4.30. The molecule has 4 nitrogen and oxygen atoms in total. The van der Waals surface area contributed by atoms with Crippen LogP contribution in [0, 0.1) is 0 Å². The van der Waals surface area contributed by atoms with Crippen LogP contribution in [-0.2, 0) is 6.54 Å². The van der Waals surface area contributed by atoms with Crippen molar-refractivity contribution in [2.45, 2.75) is 32.9 Å². The molecular weight excluding hydrogens is 311 g/mol. The van der Waals surface area contributed by atoms with E-state index < -0.39 is 10.9 Å². The van der Waals surface area contributed by atoms with E-state index in [2.05, 4.69) is 10.6 Å². The second-order valence-corrected chi connectivity index (χ2v) is 6.79. The van der Waals surface area contributed by atoms with E-state index in [1.54, 1.807) is 18.2 Å².